The van der Waals surface area contributed by atoms with E-state index in [0.717, 1.165) is 0 Å². The number of primary amides is 1. The van der Waals surface area contributed by atoms with E-state index < -0.39 is 97.4 Å². The fourth-order valence-electron chi connectivity index (χ4n) is 3.20. The highest BCUT2D eigenvalue weighted by atomic mass is 16.4. The number of carboxylic acid groups (broad SMARTS) is 3. The second-order valence-corrected chi connectivity index (χ2v) is 8.72. The van der Waals surface area contributed by atoms with E-state index in [1.54, 1.807) is 0 Å². The first-order valence-electron chi connectivity index (χ1n) is 12.3. The molecule has 0 aromatic heterocycles. The van der Waals surface area contributed by atoms with E-state index >= 15 is 0 Å². The maximum atomic E-state index is 12.9. The molecule has 18 nitrogen and oxygen atoms in total. The van der Waals surface area contributed by atoms with Gasteiger partial charge in [0, 0.05) is 12.8 Å². The number of carboxylic acids is 3. The van der Waals surface area contributed by atoms with Crippen molar-refractivity contribution in [2.45, 2.75) is 75.5 Å². The number of nitrogens with two attached hydrogens (primary N) is 3. The Bertz CT molecular complexity index is 944. The molecule has 0 saturated carbocycles. The van der Waals surface area contributed by atoms with Gasteiger partial charge in [0.2, 0.25) is 29.5 Å². The molecule has 0 aromatic rings. The molecule has 0 aliphatic heterocycles. The Morgan fingerprint density at radius 3 is 1.75 bits per heavy atom. The number of carbonyl (C=O) groups is 8. The molecule has 4 atom stereocenters. The Kier molecular flexibility index (Phi) is 16.8. The normalized spacial score (nSPS) is 13.6. The fourth-order valence-corrected chi connectivity index (χ4v) is 3.20. The van der Waals surface area contributed by atoms with Crippen molar-refractivity contribution in [3.8, 4) is 0 Å². The SMILES string of the molecule is NCCCC[C@H](NC(=O)[C@H](CCC(=O)O)NC(=O)[C@@H](N)CCC(=O)O)C(=O)NCC(=O)N[C@@H](CC(N)=O)C(=O)O. The molecule has 0 aliphatic rings. The van der Waals surface area contributed by atoms with Crippen LogP contribution in [0.15, 0.2) is 0 Å². The standard InChI is InChI=1S/C22H37N7O11/c23-8-2-1-3-12(20(37)26-10-16(31)27-14(22(39)40)9-15(25)30)29-21(38)13(5-7-18(34)35)28-19(36)11(24)4-6-17(32)33/h11-14H,1-10,23-24H2,(H2,25,30)(H,26,37)(H,27,31)(H,28,36)(H,29,38)(H,32,33)(H,34,35)(H,39,40)/t11-,12-,13-,14-/m0/s1. The van der Waals surface area contributed by atoms with Gasteiger partial charge in [-0.25, -0.2) is 4.79 Å². The molecular formula is C22H37N7O11. The van der Waals surface area contributed by atoms with Crippen molar-refractivity contribution < 1.29 is 53.7 Å². The molecule has 0 heterocycles. The summed E-state index contributed by atoms with van der Waals surface area (Å²) in [5.74, 6) is -8.65. The van der Waals surface area contributed by atoms with Gasteiger partial charge in [0.05, 0.1) is 19.0 Å². The van der Waals surface area contributed by atoms with Gasteiger partial charge >= 0.3 is 17.9 Å². The van der Waals surface area contributed by atoms with E-state index in [2.05, 4.69) is 16.0 Å². The van der Waals surface area contributed by atoms with Crippen molar-refractivity contribution in [1.29, 1.82) is 0 Å². The molecule has 0 rings (SSSR count). The van der Waals surface area contributed by atoms with Crippen molar-refractivity contribution in [3.05, 3.63) is 0 Å². The molecule has 0 unspecified atom stereocenters. The molecule has 5 amide bonds. The Hall–Kier alpha value is -4.32. The van der Waals surface area contributed by atoms with Gasteiger partial charge in [-0.15, -0.1) is 0 Å². The van der Waals surface area contributed by atoms with Gasteiger partial charge in [0.15, 0.2) is 0 Å². The van der Waals surface area contributed by atoms with E-state index in [9.17, 15) is 38.4 Å². The average Bonchev–Trinajstić information content (AvgIpc) is 2.86. The summed E-state index contributed by atoms with van der Waals surface area (Å²) in [4.78, 5) is 94.1. The van der Waals surface area contributed by atoms with Crippen molar-refractivity contribution in [3.63, 3.8) is 0 Å². The summed E-state index contributed by atoms with van der Waals surface area (Å²) in [5, 5.41) is 35.7. The third-order valence-electron chi connectivity index (χ3n) is 5.33. The van der Waals surface area contributed by atoms with Crippen molar-refractivity contribution in [2.75, 3.05) is 13.1 Å². The smallest absolute Gasteiger partial charge is 0.326 e. The molecule has 0 aromatic carbocycles. The highest BCUT2D eigenvalue weighted by Gasteiger charge is 2.29. The monoisotopic (exact) mass is 575 g/mol. The van der Waals surface area contributed by atoms with Gasteiger partial charge in [0.25, 0.3) is 0 Å². The number of carbonyl (C=O) groups excluding carboxylic acids is 5. The van der Waals surface area contributed by atoms with E-state index in [-0.39, 0.29) is 25.8 Å². The number of aliphatic carboxylic acids is 3. The fraction of sp³-hybridized carbons (Fsp3) is 0.636. The summed E-state index contributed by atoms with van der Waals surface area (Å²) in [6.07, 6.45) is -1.42. The predicted molar refractivity (Wildman–Crippen MR) is 135 cm³/mol. The topological polar surface area (TPSA) is 323 Å². The number of amides is 5. The van der Waals surface area contributed by atoms with Crippen LogP contribution >= 0.6 is 0 Å². The van der Waals surface area contributed by atoms with Gasteiger partial charge in [-0.05, 0) is 38.6 Å². The lowest BCUT2D eigenvalue weighted by molar-refractivity contribution is -0.143. The van der Waals surface area contributed by atoms with Gasteiger partial charge in [-0.1, -0.05) is 0 Å². The summed E-state index contributed by atoms with van der Waals surface area (Å²) in [6, 6.07) is -5.64. The number of unbranched alkanes of at least 4 members (excludes halogenated alkanes) is 1. The second kappa shape index (κ2) is 18.9. The first-order chi connectivity index (χ1) is 18.7. The second-order valence-electron chi connectivity index (χ2n) is 8.72. The highest BCUT2D eigenvalue weighted by Crippen LogP contribution is 2.06. The van der Waals surface area contributed by atoms with Crippen LogP contribution in [-0.2, 0) is 38.4 Å². The maximum Gasteiger partial charge on any atom is 0.326 e. The molecule has 40 heavy (non-hydrogen) atoms. The van der Waals surface area contributed by atoms with Crippen LogP contribution in [0.2, 0.25) is 0 Å². The van der Waals surface area contributed by atoms with Crippen LogP contribution in [0.25, 0.3) is 0 Å². The molecule has 0 radical (unpaired) electrons. The predicted octanol–water partition coefficient (Wildman–Crippen LogP) is -4.30. The van der Waals surface area contributed by atoms with Gasteiger partial charge in [-0.2, -0.15) is 0 Å². The van der Waals surface area contributed by atoms with Gasteiger partial charge in [-0.3, -0.25) is 33.6 Å². The lowest BCUT2D eigenvalue weighted by Gasteiger charge is -2.24. The third kappa shape index (κ3) is 15.8. The number of nitrogens with one attached hydrogen (secondary N) is 4. The molecule has 0 saturated heterocycles. The van der Waals surface area contributed by atoms with Crippen LogP contribution in [0.4, 0.5) is 0 Å². The van der Waals surface area contributed by atoms with Crippen molar-refractivity contribution in [1.82, 2.24) is 21.3 Å². The molecule has 226 valence electrons. The average molecular weight is 576 g/mol. The first-order valence-corrected chi connectivity index (χ1v) is 12.3. The van der Waals surface area contributed by atoms with Crippen LogP contribution in [0.5, 0.6) is 0 Å². The molecular weight excluding hydrogens is 538 g/mol. The summed E-state index contributed by atoms with van der Waals surface area (Å²) < 4.78 is 0. The quantitative estimate of drug-likeness (QED) is 0.0580. The minimum absolute atomic E-state index is 0.0353. The van der Waals surface area contributed by atoms with Crippen molar-refractivity contribution in [2.24, 2.45) is 17.2 Å². The van der Waals surface area contributed by atoms with E-state index in [0.29, 0.717) is 12.8 Å². The van der Waals surface area contributed by atoms with E-state index in [4.69, 9.17) is 32.5 Å². The van der Waals surface area contributed by atoms with Gasteiger partial charge in [0.1, 0.15) is 18.1 Å². The maximum absolute atomic E-state index is 12.9. The third-order valence-corrected chi connectivity index (χ3v) is 5.33. The van der Waals surface area contributed by atoms with Crippen molar-refractivity contribution >= 4 is 47.4 Å². The molecule has 0 fully saturated rings. The highest BCUT2D eigenvalue weighted by molar-refractivity contribution is 5.95. The number of hydrogen-bond donors (Lipinski definition) is 10. The molecule has 0 aliphatic carbocycles. The molecule has 0 spiro atoms. The number of rotatable bonds is 21. The molecule has 18 heteroatoms. The largest absolute Gasteiger partial charge is 0.481 e. The van der Waals surface area contributed by atoms with Crippen LogP contribution in [0.3, 0.4) is 0 Å². The number of hydrogen-bond acceptors (Lipinski definition) is 10. The Balaban J connectivity index is 5.45. The zero-order valence-electron chi connectivity index (χ0n) is 21.7. The van der Waals surface area contributed by atoms with Crippen LogP contribution in [0.1, 0.15) is 51.4 Å². The minimum Gasteiger partial charge on any atom is -0.481 e. The molecule has 13 N–H and O–H groups in total. The zero-order chi connectivity index (χ0) is 30.8. The van der Waals surface area contributed by atoms with E-state index in [1.807, 2.05) is 5.32 Å². The lowest BCUT2D eigenvalue weighted by atomic mass is 10.1. The lowest BCUT2D eigenvalue weighted by Crippen LogP contribution is -2.56. The van der Waals surface area contributed by atoms with Crippen LogP contribution in [-0.4, -0.2) is 100 Å². The Morgan fingerprint density at radius 2 is 1.23 bits per heavy atom. The summed E-state index contributed by atoms with van der Waals surface area (Å²) in [5.41, 5.74) is 16.1. The van der Waals surface area contributed by atoms with Crippen LogP contribution in [0, 0.1) is 0 Å². The minimum atomic E-state index is -1.62. The Morgan fingerprint density at radius 1 is 0.675 bits per heavy atom. The van der Waals surface area contributed by atoms with E-state index in [1.165, 1.54) is 0 Å². The molecule has 0 bridgehead atoms. The summed E-state index contributed by atoms with van der Waals surface area (Å²) >= 11 is 0. The Labute approximate surface area is 228 Å². The first kappa shape index (κ1) is 35.7. The van der Waals surface area contributed by atoms with Crippen LogP contribution < -0.4 is 38.5 Å². The zero-order valence-corrected chi connectivity index (χ0v) is 21.7. The summed E-state index contributed by atoms with van der Waals surface area (Å²) in [6.45, 7) is -0.450. The summed E-state index contributed by atoms with van der Waals surface area (Å²) in [7, 11) is 0. The van der Waals surface area contributed by atoms with Gasteiger partial charge < -0.3 is 53.8 Å².